The average molecular weight is 239 g/mol. The molecule has 100 valence electrons. The largest absolute Gasteiger partial charge is 0.339 e. The standard InChI is InChI=1S/C15H29NO/c1-5-7-8-9-10-11-13-16(12-6-2)15(17)14(3)4/h3,5-13H2,1-2,4H3. The van der Waals surface area contributed by atoms with Gasteiger partial charge in [0.1, 0.15) is 0 Å². The van der Waals surface area contributed by atoms with E-state index in [-0.39, 0.29) is 5.91 Å². The van der Waals surface area contributed by atoms with Crippen molar-refractivity contribution in [1.29, 1.82) is 0 Å². The molecule has 0 aliphatic carbocycles. The van der Waals surface area contributed by atoms with Gasteiger partial charge in [-0.15, -0.1) is 0 Å². The first-order valence-electron chi connectivity index (χ1n) is 7.08. The summed E-state index contributed by atoms with van der Waals surface area (Å²) in [5.41, 5.74) is 0.657. The molecule has 0 saturated carbocycles. The Hall–Kier alpha value is -0.790. The van der Waals surface area contributed by atoms with Crippen LogP contribution in [0, 0.1) is 0 Å². The first kappa shape index (κ1) is 16.2. The molecule has 2 nitrogen and oxygen atoms in total. The van der Waals surface area contributed by atoms with E-state index >= 15 is 0 Å². The van der Waals surface area contributed by atoms with Crippen LogP contribution in [0.3, 0.4) is 0 Å². The maximum absolute atomic E-state index is 11.8. The van der Waals surface area contributed by atoms with E-state index in [9.17, 15) is 4.79 Å². The fourth-order valence-corrected chi connectivity index (χ4v) is 1.94. The number of unbranched alkanes of at least 4 members (excludes halogenated alkanes) is 5. The molecule has 0 fully saturated rings. The van der Waals surface area contributed by atoms with Crippen LogP contribution in [0.4, 0.5) is 0 Å². The lowest BCUT2D eigenvalue weighted by atomic mass is 10.1. The topological polar surface area (TPSA) is 20.3 Å². The molecule has 0 N–H and O–H groups in total. The second-order valence-electron chi connectivity index (χ2n) is 4.84. The van der Waals surface area contributed by atoms with Crippen molar-refractivity contribution in [2.75, 3.05) is 13.1 Å². The van der Waals surface area contributed by atoms with Crippen LogP contribution in [0.5, 0.6) is 0 Å². The van der Waals surface area contributed by atoms with Gasteiger partial charge in [-0.3, -0.25) is 4.79 Å². The highest BCUT2D eigenvalue weighted by molar-refractivity contribution is 5.92. The van der Waals surface area contributed by atoms with Crippen LogP contribution in [-0.4, -0.2) is 23.9 Å². The molecule has 0 spiro atoms. The Morgan fingerprint density at radius 2 is 1.53 bits per heavy atom. The van der Waals surface area contributed by atoms with Gasteiger partial charge in [0.2, 0.25) is 5.91 Å². The lowest BCUT2D eigenvalue weighted by Gasteiger charge is -2.22. The number of amides is 1. The summed E-state index contributed by atoms with van der Waals surface area (Å²) in [5.74, 6) is 0.125. The molecular formula is C15H29NO. The fourth-order valence-electron chi connectivity index (χ4n) is 1.94. The van der Waals surface area contributed by atoms with Crippen LogP contribution in [0.1, 0.15) is 65.7 Å². The van der Waals surface area contributed by atoms with Gasteiger partial charge in [0.15, 0.2) is 0 Å². The molecule has 0 saturated heterocycles. The van der Waals surface area contributed by atoms with Crippen molar-refractivity contribution in [3.63, 3.8) is 0 Å². The molecule has 2 heteroatoms. The molecule has 0 unspecified atom stereocenters. The molecule has 0 rings (SSSR count). The van der Waals surface area contributed by atoms with Gasteiger partial charge in [-0.2, -0.15) is 0 Å². The maximum atomic E-state index is 11.8. The molecule has 0 radical (unpaired) electrons. The Bertz CT molecular complexity index is 223. The second-order valence-corrected chi connectivity index (χ2v) is 4.84. The van der Waals surface area contributed by atoms with Crippen LogP contribution < -0.4 is 0 Å². The average Bonchev–Trinajstić information content (AvgIpc) is 2.31. The minimum absolute atomic E-state index is 0.125. The van der Waals surface area contributed by atoms with Crippen LogP contribution in [0.2, 0.25) is 0 Å². The van der Waals surface area contributed by atoms with Crippen molar-refractivity contribution < 1.29 is 4.79 Å². The van der Waals surface area contributed by atoms with Crippen LogP contribution in [0.25, 0.3) is 0 Å². The zero-order valence-electron chi connectivity index (χ0n) is 11.9. The predicted octanol–water partition coefficient (Wildman–Crippen LogP) is 4.16. The zero-order chi connectivity index (χ0) is 13.1. The summed E-state index contributed by atoms with van der Waals surface area (Å²) in [6.45, 7) is 11.6. The van der Waals surface area contributed by atoms with Gasteiger partial charge in [-0.05, 0) is 19.8 Å². The SMILES string of the molecule is C=C(C)C(=O)N(CCC)CCCCCCCC. The van der Waals surface area contributed by atoms with Crippen molar-refractivity contribution in [3.8, 4) is 0 Å². The van der Waals surface area contributed by atoms with E-state index in [0.717, 1.165) is 25.9 Å². The smallest absolute Gasteiger partial charge is 0.248 e. The molecule has 0 heterocycles. The third-order valence-electron chi connectivity index (χ3n) is 2.93. The third-order valence-corrected chi connectivity index (χ3v) is 2.93. The van der Waals surface area contributed by atoms with Crippen LogP contribution in [-0.2, 0) is 4.79 Å². The Labute approximate surface area is 107 Å². The monoisotopic (exact) mass is 239 g/mol. The first-order valence-corrected chi connectivity index (χ1v) is 7.08. The number of hydrogen-bond acceptors (Lipinski definition) is 1. The lowest BCUT2D eigenvalue weighted by Crippen LogP contribution is -2.33. The zero-order valence-corrected chi connectivity index (χ0v) is 11.9. The van der Waals surface area contributed by atoms with E-state index in [4.69, 9.17) is 0 Å². The third kappa shape index (κ3) is 8.00. The molecule has 0 aromatic rings. The van der Waals surface area contributed by atoms with Crippen molar-refractivity contribution in [2.45, 2.75) is 65.7 Å². The van der Waals surface area contributed by atoms with E-state index in [1.807, 2.05) is 4.90 Å². The molecule has 0 bridgehead atoms. The highest BCUT2D eigenvalue weighted by Crippen LogP contribution is 2.08. The Balaban J connectivity index is 3.77. The molecule has 0 atom stereocenters. The number of carbonyl (C=O) groups excluding carboxylic acids is 1. The highest BCUT2D eigenvalue weighted by atomic mass is 16.2. The van der Waals surface area contributed by atoms with E-state index in [1.54, 1.807) is 6.92 Å². The summed E-state index contributed by atoms with van der Waals surface area (Å²) in [7, 11) is 0. The maximum Gasteiger partial charge on any atom is 0.248 e. The van der Waals surface area contributed by atoms with Crippen molar-refractivity contribution in [3.05, 3.63) is 12.2 Å². The van der Waals surface area contributed by atoms with Gasteiger partial charge in [0, 0.05) is 18.7 Å². The minimum atomic E-state index is 0.125. The molecule has 0 aliphatic heterocycles. The van der Waals surface area contributed by atoms with Crippen molar-refractivity contribution >= 4 is 5.91 Å². The summed E-state index contributed by atoms with van der Waals surface area (Å²) < 4.78 is 0. The Morgan fingerprint density at radius 1 is 0.941 bits per heavy atom. The van der Waals surface area contributed by atoms with Crippen molar-refractivity contribution in [1.82, 2.24) is 4.90 Å². The van der Waals surface area contributed by atoms with Gasteiger partial charge >= 0.3 is 0 Å². The van der Waals surface area contributed by atoms with Gasteiger partial charge < -0.3 is 4.90 Å². The Morgan fingerprint density at radius 3 is 2.06 bits per heavy atom. The fraction of sp³-hybridized carbons (Fsp3) is 0.800. The van der Waals surface area contributed by atoms with Gasteiger partial charge in [0.05, 0.1) is 0 Å². The van der Waals surface area contributed by atoms with Crippen LogP contribution in [0.15, 0.2) is 12.2 Å². The quantitative estimate of drug-likeness (QED) is 0.414. The van der Waals surface area contributed by atoms with Crippen molar-refractivity contribution in [2.24, 2.45) is 0 Å². The Kier molecular flexibility index (Phi) is 9.89. The van der Waals surface area contributed by atoms with Crippen LogP contribution >= 0.6 is 0 Å². The highest BCUT2D eigenvalue weighted by Gasteiger charge is 2.12. The predicted molar refractivity (Wildman–Crippen MR) is 75.1 cm³/mol. The number of nitrogens with zero attached hydrogens (tertiary/aromatic N) is 1. The van der Waals surface area contributed by atoms with Gasteiger partial charge in [-0.1, -0.05) is 52.5 Å². The number of hydrogen-bond donors (Lipinski definition) is 0. The summed E-state index contributed by atoms with van der Waals surface area (Å²) in [5, 5.41) is 0. The molecule has 0 aliphatic rings. The summed E-state index contributed by atoms with van der Waals surface area (Å²) >= 11 is 0. The molecule has 0 aromatic heterocycles. The van der Waals surface area contributed by atoms with Gasteiger partial charge in [0.25, 0.3) is 0 Å². The summed E-state index contributed by atoms with van der Waals surface area (Å²) in [6, 6.07) is 0. The summed E-state index contributed by atoms with van der Waals surface area (Å²) in [4.78, 5) is 13.8. The van der Waals surface area contributed by atoms with E-state index in [2.05, 4.69) is 20.4 Å². The normalized spacial score (nSPS) is 10.3. The van der Waals surface area contributed by atoms with E-state index in [0.29, 0.717) is 5.57 Å². The number of rotatable bonds is 10. The van der Waals surface area contributed by atoms with Gasteiger partial charge in [-0.25, -0.2) is 0 Å². The van der Waals surface area contributed by atoms with E-state index in [1.165, 1.54) is 32.1 Å². The lowest BCUT2D eigenvalue weighted by molar-refractivity contribution is -0.127. The molecule has 0 aromatic carbocycles. The molecule has 17 heavy (non-hydrogen) atoms. The second kappa shape index (κ2) is 10.4. The minimum Gasteiger partial charge on any atom is -0.339 e. The first-order chi connectivity index (χ1) is 8.13. The number of carbonyl (C=O) groups is 1. The summed E-state index contributed by atoms with van der Waals surface area (Å²) in [6.07, 6.45) is 8.65. The van der Waals surface area contributed by atoms with E-state index < -0.39 is 0 Å². The molecule has 1 amide bonds. The molecular weight excluding hydrogens is 210 g/mol.